The number of hydrogen-bond donors (Lipinski definition) is 1. The Morgan fingerprint density at radius 2 is 2.00 bits per heavy atom. The summed E-state index contributed by atoms with van der Waals surface area (Å²) in [6.45, 7) is 12.0. The molecule has 0 aliphatic carbocycles. The predicted octanol–water partition coefficient (Wildman–Crippen LogP) is 4.95. The Balaban J connectivity index is 2.21. The molecule has 6 heteroatoms. The van der Waals surface area contributed by atoms with Gasteiger partial charge in [0, 0.05) is 17.0 Å². The molecule has 1 heterocycles. The maximum atomic E-state index is 12.3. The maximum absolute atomic E-state index is 12.3. The summed E-state index contributed by atoms with van der Waals surface area (Å²) in [6, 6.07) is 5.31. The quantitative estimate of drug-likeness (QED) is 0.816. The second-order valence-electron chi connectivity index (χ2n) is 7.95. The SMILES string of the molecule is Cc1ccc(-c2noc([C@@H](NC(=O)CC(C)(C)C)C(C)C)n2)cc1Cl. The number of amides is 1. The Hall–Kier alpha value is -1.88. The number of carbonyl (C=O) groups excluding carboxylic acids is 1. The summed E-state index contributed by atoms with van der Waals surface area (Å²) in [5, 5.41) is 7.71. The molecule has 1 aromatic carbocycles. The Kier molecular flexibility index (Phi) is 5.88. The van der Waals surface area contributed by atoms with Crippen molar-refractivity contribution in [3.05, 3.63) is 34.7 Å². The minimum absolute atomic E-state index is 0.0238. The third-order valence-electron chi connectivity index (χ3n) is 3.81. The first-order valence-corrected chi connectivity index (χ1v) is 8.84. The van der Waals surface area contributed by atoms with Crippen molar-refractivity contribution in [1.82, 2.24) is 15.5 Å². The van der Waals surface area contributed by atoms with Crippen LogP contribution in [0.1, 0.15) is 58.5 Å². The van der Waals surface area contributed by atoms with Crippen molar-refractivity contribution in [2.45, 2.75) is 54.0 Å². The Morgan fingerprint density at radius 3 is 2.56 bits per heavy atom. The smallest absolute Gasteiger partial charge is 0.249 e. The molecule has 0 fully saturated rings. The van der Waals surface area contributed by atoms with E-state index in [0.29, 0.717) is 23.2 Å². The van der Waals surface area contributed by atoms with Gasteiger partial charge in [-0.3, -0.25) is 4.79 Å². The highest BCUT2D eigenvalue weighted by Gasteiger charge is 2.26. The van der Waals surface area contributed by atoms with Gasteiger partial charge in [0.25, 0.3) is 0 Å². The van der Waals surface area contributed by atoms with Crippen LogP contribution in [0, 0.1) is 18.3 Å². The summed E-state index contributed by atoms with van der Waals surface area (Å²) in [5.74, 6) is 0.972. The molecule has 0 unspecified atom stereocenters. The summed E-state index contributed by atoms with van der Waals surface area (Å²) < 4.78 is 5.42. The van der Waals surface area contributed by atoms with Crippen LogP contribution in [0.25, 0.3) is 11.4 Å². The van der Waals surface area contributed by atoms with Crippen LogP contribution in [0.15, 0.2) is 22.7 Å². The third-order valence-corrected chi connectivity index (χ3v) is 4.22. The van der Waals surface area contributed by atoms with E-state index in [2.05, 4.69) is 15.5 Å². The van der Waals surface area contributed by atoms with Crippen LogP contribution < -0.4 is 5.32 Å². The number of rotatable bonds is 5. The van der Waals surface area contributed by atoms with Gasteiger partial charge in [0.2, 0.25) is 17.6 Å². The minimum Gasteiger partial charge on any atom is -0.344 e. The van der Waals surface area contributed by atoms with Gasteiger partial charge < -0.3 is 9.84 Å². The fraction of sp³-hybridized carbons (Fsp3) is 0.526. The highest BCUT2D eigenvalue weighted by Crippen LogP contribution is 2.27. The summed E-state index contributed by atoms with van der Waals surface area (Å²) >= 11 is 6.17. The Morgan fingerprint density at radius 1 is 1.32 bits per heavy atom. The van der Waals surface area contributed by atoms with Gasteiger partial charge in [-0.05, 0) is 29.9 Å². The molecule has 5 nitrogen and oxygen atoms in total. The van der Waals surface area contributed by atoms with Crippen molar-refractivity contribution in [3.63, 3.8) is 0 Å². The van der Waals surface area contributed by atoms with Gasteiger partial charge in [0.05, 0.1) is 0 Å². The average molecular weight is 364 g/mol. The first kappa shape index (κ1) is 19.4. The Bertz CT molecular complexity index is 747. The molecule has 0 bridgehead atoms. The van der Waals surface area contributed by atoms with E-state index in [1.165, 1.54) is 0 Å². The summed E-state index contributed by atoms with van der Waals surface area (Å²) in [5.41, 5.74) is 1.70. The highest BCUT2D eigenvalue weighted by molar-refractivity contribution is 6.31. The molecule has 1 atom stereocenters. The fourth-order valence-corrected chi connectivity index (χ4v) is 2.61. The number of halogens is 1. The van der Waals surface area contributed by atoms with Crippen LogP contribution in [-0.4, -0.2) is 16.0 Å². The second kappa shape index (κ2) is 7.56. The van der Waals surface area contributed by atoms with Crippen molar-refractivity contribution in [2.75, 3.05) is 0 Å². The van der Waals surface area contributed by atoms with Crippen LogP contribution in [0.2, 0.25) is 5.02 Å². The number of aryl methyl sites for hydroxylation is 1. The second-order valence-corrected chi connectivity index (χ2v) is 8.35. The molecule has 2 rings (SSSR count). The standard InChI is InChI=1S/C19H26ClN3O2/c1-11(2)16(21-15(24)10-19(4,5)6)18-22-17(23-25-18)13-8-7-12(3)14(20)9-13/h7-9,11,16H,10H2,1-6H3,(H,21,24)/t16-/m0/s1. The molecule has 1 N–H and O–H groups in total. The first-order chi connectivity index (χ1) is 11.6. The zero-order valence-corrected chi connectivity index (χ0v) is 16.4. The molecule has 0 saturated heterocycles. The molecular weight excluding hydrogens is 338 g/mol. The summed E-state index contributed by atoms with van der Waals surface area (Å²) in [7, 11) is 0. The zero-order valence-electron chi connectivity index (χ0n) is 15.7. The van der Waals surface area contributed by atoms with Crippen LogP contribution in [0.5, 0.6) is 0 Å². The van der Waals surface area contributed by atoms with E-state index in [1.807, 2.05) is 59.7 Å². The molecule has 0 saturated carbocycles. The van der Waals surface area contributed by atoms with Crippen molar-refractivity contribution < 1.29 is 9.32 Å². The lowest BCUT2D eigenvalue weighted by Gasteiger charge is -2.22. The van der Waals surface area contributed by atoms with E-state index in [-0.39, 0.29) is 23.3 Å². The number of hydrogen-bond acceptors (Lipinski definition) is 4. The van der Waals surface area contributed by atoms with E-state index >= 15 is 0 Å². The third kappa shape index (κ3) is 5.30. The van der Waals surface area contributed by atoms with Gasteiger partial charge in [-0.25, -0.2) is 0 Å². The zero-order chi connectivity index (χ0) is 18.8. The predicted molar refractivity (Wildman–Crippen MR) is 99.3 cm³/mol. The number of benzene rings is 1. The van der Waals surface area contributed by atoms with Crippen molar-refractivity contribution in [2.24, 2.45) is 11.3 Å². The van der Waals surface area contributed by atoms with Gasteiger partial charge in [0.15, 0.2) is 0 Å². The highest BCUT2D eigenvalue weighted by atomic mass is 35.5. The monoisotopic (exact) mass is 363 g/mol. The van der Waals surface area contributed by atoms with E-state index in [4.69, 9.17) is 16.1 Å². The number of nitrogens with zero attached hydrogens (tertiary/aromatic N) is 2. The maximum Gasteiger partial charge on any atom is 0.249 e. The van der Waals surface area contributed by atoms with Gasteiger partial charge >= 0.3 is 0 Å². The Labute approximate surface area is 154 Å². The minimum atomic E-state index is -0.322. The molecule has 1 aromatic heterocycles. The lowest BCUT2D eigenvalue weighted by atomic mass is 9.91. The molecule has 1 amide bonds. The van der Waals surface area contributed by atoms with Crippen LogP contribution in [-0.2, 0) is 4.79 Å². The molecular formula is C19H26ClN3O2. The van der Waals surface area contributed by atoms with Crippen LogP contribution >= 0.6 is 11.6 Å². The van der Waals surface area contributed by atoms with Crippen LogP contribution in [0.4, 0.5) is 0 Å². The van der Waals surface area contributed by atoms with Gasteiger partial charge in [-0.1, -0.05) is 63.5 Å². The van der Waals surface area contributed by atoms with E-state index in [9.17, 15) is 4.79 Å². The summed E-state index contributed by atoms with van der Waals surface area (Å²) in [6.07, 6.45) is 0.435. The lowest BCUT2D eigenvalue weighted by molar-refractivity contribution is -0.124. The molecule has 136 valence electrons. The summed E-state index contributed by atoms with van der Waals surface area (Å²) in [4.78, 5) is 16.8. The molecule has 0 spiro atoms. The topological polar surface area (TPSA) is 68.0 Å². The number of aromatic nitrogens is 2. The van der Waals surface area contributed by atoms with Gasteiger partial charge in [0.1, 0.15) is 6.04 Å². The van der Waals surface area contributed by atoms with Crippen molar-refractivity contribution in [3.8, 4) is 11.4 Å². The first-order valence-electron chi connectivity index (χ1n) is 8.46. The molecule has 2 aromatic rings. The average Bonchev–Trinajstić information content (AvgIpc) is 2.95. The molecule has 25 heavy (non-hydrogen) atoms. The molecule has 0 radical (unpaired) electrons. The van der Waals surface area contributed by atoms with E-state index in [1.54, 1.807) is 0 Å². The van der Waals surface area contributed by atoms with Gasteiger partial charge in [-0.2, -0.15) is 4.98 Å². The van der Waals surface area contributed by atoms with E-state index in [0.717, 1.165) is 11.1 Å². The molecule has 0 aliphatic heterocycles. The van der Waals surface area contributed by atoms with Crippen LogP contribution in [0.3, 0.4) is 0 Å². The van der Waals surface area contributed by atoms with Crippen molar-refractivity contribution in [1.29, 1.82) is 0 Å². The normalized spacial score (nSPS) is 13.1. The number of carbonyl (C=O) groups is 1. The van der Waals surface area contributed by atoms with Crippen molar-refractivity contribution >= 4 is 17.5 Å². The number of nitrogens with one attached hydrogen (secondary N) is 1. The van der Waals surface area contributed by atoms with E-state index < -0.39 is 0 Å². The lowest BCUT2D eigenvalue weighted by Crippen LogP contribution is -2.34. The fourth-order valence-electron chi connectivity index (χ4n) is 2.43. The largest absolute Gasteiger partial charge is 0.344 e. The molecule has 0 aliphatic rings. The van der Waals surface area contributed by atoms with Gasteiger partial charge in [-0.15, -0.1) is 0 Å².